The molecule has 0 spiro atoms. The Balaban J connectivity index is 0.00000364. The molecule has 1 heterocycles. The highest BCUT2D eigenvalue weighted by atomic mass is 127. The molecule has 1 aromatic rings. The predicted octanol–water partition coefficient (Wildman–Crippen LogP) is 3.63. The molecule has 5 nitrogen and oxygen atoms in total. The Morgan fingerprint density at radius 2 is 2.07 bits per heavy atom. The highest BCUT2D eigenvalue weighted by Crippen LogP contribution is 2.20. The Kier molecular flexibility index (Phi) is 10.4. The number of nitrogens with one attached hydrogen (secondary N) is 2. The highest BCUT2D eigenvalue weighted by Gasteiger charge is 2.31. The summed E-state index contributed by atoms with van der Waals surface area (Å²) in [6.45, 7) is 14.4. The summed E-state index contributed by atoms with van der Waals surface area (Å²) in [6.07, 6.45) is 0. The van der Waals surface area contributed by atoms with Crippen LogP contribution >= 0.6 is 24.0 Å². The summed E-state index contributed by atoms with van der Waals surface area (Å²) in [5.41, 5.74) is 0.825. The average Bonchev–Trinajstić information content (AvgIpc) is 2.96. The lowest BCUT2D eigenvalue weighted by Gasteiger charge is -2.22. The molecule has 1 aromatic carbocycles. The molecule has 7 heteroatoms. The van der Waals surface area contributed by atoms with Crippen molar-refractivity contribution in [2.75, 3.05) is 26.2 Å². The van der Waals surface area contributed by atoms with Gasteiger partial charge in [-0.1, -0.05) is 13.0 Å². The fraction of sp³-hybridized carbons (Fsp3) is 0.650. The van der Waals surface area contributed by atoms with Crippen LogP contribution in [0.5, 0.6) is 5.75 Å². The molecule has 1 saturated heterocycles. The number of aliphatic imine (C=N–C) groups is 1. The lowest BCUT2D eigenvalue weighted by molar-refractivity contribution is 0.265. The summed E-state index contributed by atoms with van der Waals surface area (Å²) < 4.78 is 19.2. The van der Waals surface area contributed by atoms with Crippen molar-refractivity contribution < 1.29 is 9.13 Å². The number of benzene rings is 1. The largest absolute Gasteiger partial charge is 0.491 e. The highest BCUT2D eigenvalue weighted by molar-refractivity contribution is 14.0. The molecule has 2 N–H and O–H groups in total. The molecule has 0 saturated carbocycles. The molecular formula is C20H34FIN4O. The van der Waals surface area contributed by atoms with Gasteiger partial charge in [0.15, 0.2) is 17.5 Å². The van der Waals surface area contributed by atoms with E-state index >= 15 is 0 Å². The summed E-state index contributed by atoms with van der Waals surface area (Å²) in [5.74, 6) is 1.29. The molecule has 0 aliphatic carbocycles. The Bertz CT molecular complexity index is 612. The maximum Gasteiger partial charge on any atom is 0.191 e. The van der Waals surface area contributed by atoms with Crippen LogP contribution in [0.3, 0.4) is 0 Å². The molecule has 0 amide bonds. The first-order valence-electron chi connectivity index (χ1n) is 9.64. The van der Waals surface area contributed by atoms with Crippen LogP contribution in [0.1, 0.15) is 40.2 Å². The van der Waals surface area contributed by atoms with Crippen molar-refractivity contribution in [1.29, 1.82) is 0 Å². The zero-order chi connectivity index (χ0) is 19.1. The smallest absolute Gasteiger partial charge is 0.191 e. The van der Waals surface area contributed by atoms with Gasteiger partial charge in [-0.3, -0.25) is 4.90 Å². The maximum atomic E-state index is 14.0. The summed E-state index contributed by atoms with van der Waals surface area (Å²) in [7, 11) is 0. The number of rotatable bonds is 7. The van der Waals surface area contributed by atoms with E-state index in [1.165, 1.54) is 6.07 Å². The number of hydrogen-bond donors (Lipinski definition) is 2. The van der Waals surface area contributed by atoms with E-state index in [1.54, 1.807) is 6.07 Å². The molecule has 2 rings (SSSR count). The third kappa shape index (κ3) is 7.10. The Morgan fingerprint density at radius 3 is 2.63 bits per heavy atom. The van der Waals surface area contributed by atoms with Gasteiger partial charge >= 0.3 is 0 Å². The molecule has 0 radical (unpaired) electrons. The van der Waals surface area contributed by atoms with Crippen LogP contribution in [-0.4, -0.2) is 49.2 Å². The third-order valence-corrected chi connectivity index (χ3v) is 4.75. The second kappa shape index (κ2) is 11.7. The van der Waals surface area contributed by atoms with Crippen molar-refractivity contribution >= 4 is 29.9 Å². The first kappa shape index (κ1) is 23.9. The quantitative estimate of drug-likeness (QED) is 0.347. The Morgan fingerprint density at radius 1 is 1.33 bits per heavy atom. The molecule has 27 heavy (non-hydrogen) atoms. The second-order valence-electron chi connectivity index (χ2n) is 7.17. The molecule has 1 fully saturated rings. The normalized spacial score (nSPS) is 20.5. The van der Waals surface area contributed by atoms with Gasteiger partial charge in [0.05, 0.1) is 13.2 Å². The summed E-state index contributed by atoms with van der Waals surface area (Å²) in [5, 5.41) is 6.84. The van der Waals surface area contributed by atoms with Gasteiger partial charge in [-0.05, 0) is 51.3 Å². The fourth-order valence-corrected chi connectivity index (χ4v) is 3.20. The van der Waals surface area contributed by atoms with Crippen LogP contribution in [-0.2, 0) is 6.54 Å². The minimum absolute atomic E-state index is 0. The molecule has 2 unspecified atom stereocenters. The molecule has 154 valence electrons. The Labute approximate surface area is 180 Å². The second-order valence-corrected chi connectivity index (χ2v) is 7.17. The van der Waals surface area contributed by atoms with Gasteiger partial charge in [0.1, 0.15) is 0 Å². The van der Waals surface area contributed by atoms with Crippen LogP contribution in [0.4, 0.5) is 4.39 Å². The van der Waals surface area contributed by atoms with E-state index in [4.69, 9.17) is 4.74 Å². The number of ether oxygens (including phenoxy) is 1. The van der Waals surface area contributed by atoms with Crippen LogP contribution in [0, 0.1) is 11.7 Å². The predicted molar refractivity (Wildman–Crippen MR) is 121 cm³/mol. The van der Waals surface area contributed by atoms with Gasteiger partial charge in [-0.2, -0.15) is 0 Å². The lowest BCUT2D eigenvalue weighted by Crippen LogP contribution is -2.46. The number of nitrogens with zero attached hydrogens (tertiary/aromatic N) is 2. The summed E-state index contributed by atoms with van der Waals surface area (Å²) in [4.78, 5) is 7.12. The van der Waals surface area contributed by atoms with E-state index in [9.17, 15) is 4.39 Å². The number of likely N-dealkylation sites (tertiary alicyclic amines) is 1. The first-order chi connectivity index (χ1) is 12.4. The van der Waals surface area contributed by atoms with Crippen molar-refractivity contribution in [3.05, 3.63) is 29.6 Å². The minimum atomic E-state index is -0.338. The van der Waals surface area contributed by atoms with Gasteiger partial charge in [0, 0.05) is 31.7 Å². The zero-order valence-electron chi connectivity index (χ0n) is 17.1. The van der Waals surface area contributed by atoms with Crippen molar-refractivity contribution in [2.24, 2.45) is 10.9 Å². The van der Waals surface area contributed by atoms with Gasteiger partial charge in [0.2, 0.25) is 0 Å². The zero-order valence-corrected chi connectivity index (χ0v) is 19.4. The SMILES string of the molecule is CCNC(=NCc1ccc(OCC)c(F)c1)NC1CN(C(C)C)CC1C.I. The van der Waals surface area contributed by atoms with Crippen molar-refractivity contribution in [2.45, 2.75) is 53.2 Å². The van der Waals surface area contributed by atoms with Crippen LogP contribution in [0.2, 0.25) is 0 Å². The molecule has 2 atom stereocenters. The topological polar surface area (TPSA) is 48.9 Å². The standard InChI is InChI=1S/C20H33FN4O.HI/c1-6-22-20(24-18-13-25(14(3)4)12-15(18)5)23-11-16-8-9-19(26-7-2)17(21)10-16;/h8-10,14-15,18H,6-7,11-13H2,1-5H3,(H2,22,23,24);1H. The van der Waals surface area contributed by atoms with Crippen molar-refractivity contribution in [3.63, 3.8) is 0 Å². The van der Waals surface area contributed by atoms with E-state index in [0.29, 0.717) is 36.9 Å². The summed E-state index contributed by atoms with van der Waals surface area (Å²) >= 11 is 0. The number of guanidine groups is 1. The number of hydrogen-bond acceptors (Lipinski definition) is 3. The molecule has 0 aromatic heterocycles. The third-order valence-electron chi connectivity index (χ3n) is 4.75. The van der Waals surface area contributed by atoms with E-state index in [2.05, 4.69) is 41.3 Å². The van der Waals surface area contributed by atoms with Gasteiger partial charge < -0.3 is 15.4 Å². The first-order valence-corrected chi connectivity index (χ1v) is 9.64. The Hall–Kier alpha value is -1.09. The van der Waals surface area contributed by atoms with Crippen LogP contribution in [0.15, 0.2) is 23.2 Å². The van der Waals surface area contributed by atoms with E-state index in [0.717, 1.165) is 31.2 Å². The van der Waals surface area contributed by atoms with E-state index in [-0.39, 0.29) is 29.8 Å². The van der Waals surface area contributed by atoms with Gasteiger partial charge in [0.25, 0.3) is 0 Å². The molecule has 1 aliphatic rings. The molecule has 1 aliphatic heterocycles. The summed E-state index contributed by atoms with van der Waals surface area (Å²) in [6, 6.07) is 5.95. The van der Waals surface area contributed by atoms with Crippen molar-refractivity contribution in [1.82, 2.24) is 15.5 Å². The average molecular weight is 492 g/mol. The van der Waals surface area contributed by atoms with Crippen LogP contribution < -0.4 is 15.4 Å². The van der Waals surface area contributed by atoms with Crippen molar-refractivity contribution in [3.8, 4) is 5.75 Å². The van der Waals surface area contributed by atoms with Gasteiger partial charge in [-0.15, -0.1) is 24.0 Å². The monoisotopic (exact) mass is 492 g/mol. The fourth-order valence-electron chi connectivity index (χ4n) is 3.20. The van der Waals surface area contributed by atoms with Gasteiger partial charge in [-0.25, -0.2) is 9.38 Å². The van der Waals surface area contributed by atoms with E-state index < -0.39 is 0 Å². The van der Waals surface area contributed by atoms with E-state index in [1.807, 2.05) is 19.9 Å². The number of halogens is 2. The molecular weight excluding hydrogens is 458 g/mol. The van der Waals surface area contributed by atoms with Crippen LogP contribution in [0.25, 0.3) is 0 Å². The minimum Gasteiger partial charge on any atom is -0.491 e. The molecule has 0 bridgehead atoms. The lowest BCUT2D eigenvalue weighted by atomic mass is 10.1. The maximum absolute atomic E-state index is 14.0.